The van der Waals surface area contributed by atoms with Crippen LogP contribution < -0.4 is 5.84 Å². The Hall–Kier alpha value is -0.610. The summed E-state index contributed by atoms with van der Waals surface area (Å²) in [4.78, 5) is 11.1. The predicted molar refractivity (Wildman–Crippen MR) is 38.1 cm³/mol. The molecule has 1 heterocycles. The highest BCUT2D eigenvalue weighted by Crippen LogP contribution is 2.40. The number of fused-ring (bicyclic) bond motifs is 2. The van der Waals surface area contributed by atoms with Gasteiger partial charge in [-0.3, -0.25) is 9.80 Å². The van der Waals surface area contributed by atoms with Gasteiger partial charge in [-0.25, -0.2) is 5.84 Å². The highest BCUT2D eigenvalue weighted by atomic mass is 16.3. The fourth-order valence-electron chi connectivity index (χ4n) is 2.22. The Morgan fingerprint density at radius 1 is 1.64 bits per heavy atom. The molecule has 1 aliphatic heterocycles. The first kappa shape index (κ1) is 7.06. The number of hydrogen-bond acceptors (Lipinski definition) is 3. The molecule has 1 saturated heterocycles. The van der Waals surface area contributed by atoms with Crippen molar-refractivity contribution < 1.29 is 9.90 Å². The molecule has 4 nitrogen and oxygen atoms in total. The SMILES string of the molecule is NN1C(=O)C2CC(CO)C1C2. The van der Waals surface area contributed by atoms with Crippen LogP contribution in [0.2, 0.25) is 0 Å². The summed E-state index contributed by atoms with van der Waals surface area (Å²) in [7, 11) is 0. The number of carbonyl (C=O) groups excluding carboxylic acids is 1. The first-order chi connectivity index (χ1) is 5.24. The number of hydrogen-bond donors (Lipinski definition) is 2. The van der Waals surface area contributed by atoms with Crippen LogP contribution in [-0.2, 0) is 4.79 Å². The molecular formula is C7H12N2O2. The van der Waals surface area contributed by atoms with Crippen LogP contribution in [0.5, 0.6) is 0 Å². The van der Waals surface area contributed by atoms with Gasteiger partial charge in [0.1, 0.15) is 0 Å². The van der Waals surface area contributed by atoms with Gasteiger partial charge in [0.15, 0.2) is 0 Å². The Bertz CT molecular complexity index is 189. The average molecular weight is 156 g/mol. The zero-order valence-electron chi connectivity index (χ0n) is 6.23. The van der Waals surface area contributed by atoms with Gasteiger partial charge >= 0.3 is 0 Å². The summed E-state index contributed by atoms with van der Waals surface area (Å²) in [6.45, 7) is 0.155. The lowest BCUT2D eigenvalue weighted by Crippen LogP contribution is -2.47. The molecule has 2 bridgehead atoms. The number of rotatable bonds is 1. The van der Waals surface area contributed by atoms with E-state index in [9.17, 15) is 4.79 Å². The molecule has 1 amide bonds. The third kappa shape index (κ3) is 0.795. The monoisotopic (exact) mass is 156 g/mol. The first-order valence-corrected chi connectivity index (χ1v) is 3.92. The zero-order chi connectivity index (χ0) is 8.01. The largest absolute Gasteiger partial charge is 0.396 e. The van der Waals surface area contributed by atoms with E-state index in [1.807, 2.05) is 0 Å². The van der Waals surface area contributed by atoms with Crippen molar-refractivity contribution in [1.29, 1.82) is 0 Å². The van der Waals surface area contributed by atoms with Crippen LogP contribution in [0.25, 0.3) is 0 Å². The van der Waals surface area contributed by atoms with E-state index in [0.29, 0.717) is 0 Å². The van der Waals surface area contributed by atoms with Crippen LogP contribution in [0, 0.1) is 11.8 Å². The van der Waals surface area contributed by atoms with Gasteiger partial charge in [-0.1, -0.05) is 0 Å². The van der Waals surface area contributed by atoms with Gasteiger partial charge in [-0.2, -0.15) is 0 Å². The van der Waals surface area contributed by atoms with E-state index >= 15 is 0 Å². The number of amides is 1. The molecule has 0 aromatic rings. The molecule has 3 unspecified atom stereocenters. The fourth-order valence-corrected chi connectivity index (χ4v) is 2.22. The van der Waals surface area contributed by atoms with Gasteiger partial charge < -0.3 is 5.11 Å². The third-order valence-corrected chi connectivity index (χ3v) is 2.85. The van der Waals surface area contributed by atoms with E-state index in [0.717, 1.165) is 12.8 Å². The lowest BCUT2D eigenvalue weighted by atomic mass is 10.00. The lowest BCUT2D eigenvalue weighted by Gasteiger charge is -2.27. The number of aliphatic hydroxyl groups excluding tert-OH is 1. The maximum atomic E-state index is 11.1. The minimum absolute atomic E-state index is 0.0553. The Morgan fingerprint density at radius 3 is 2.82 bits per heavy atom. The molecule has 3 N–H and O–H groups in total. The van der Waals surface area contributed by atoms with Gasteiger partial charge in [0.05, 0.1) is 6.04 Å². The van der Waals surface area contributed by atoms with Gasteiger partial charge in [-0.15, -0.1) is 0 Å². The second-order valence-electron chi connectivity index (χ2n) is 3.42. The van der Waals surface area contributed by atoms with Crippen molar-refractivity contribution in [3.63, 3.8) is 0 Å². The number of hydrazine groups is 1. The zero-order valence-corrected chi connectivity index (χ0v) is 6.23. The van der Waals surface area contributed by atoms with E-state index in [1.165, 1.54) is 5.01 Å². The number of nitrogens with two attached hydrogens (primary N) is 1. The normalized spacial score (nSPS) is 42.2. The van der Waals surface area contributed by atoms with Crippen LogP contribution in [0.4, 0.5) is 0 Å². The van der Waals surface area contributed by atoms with Crippen molar-refractivity contribution in [1.82, 2.24) is 5.01 Å². The van der Waals surface area contributed by atoms with Crippen molar-refractivity contribution in [3.05, 3.63) is 0 Å². The molecule has 1 saturated carbocycles. The summed E-state index contributed by atoms with van der Waals surface area (Å²) in [5, 5.41) is 10.2. The van der Waals surface area contributed by atoms with Gasteiger partial charge in [0.2, 0.25) is 5.91 Å². The molecule has 0 radical (unpaired) electrons. The predicted octanol–water partition coefficient (Wildman–Crippen LogP) is -0.911. The molecule has 2 aliphatic rings. The number of aliphatic hydroxyl groups is 1. The summed E-state index contributed by atoms with van der Waals surface area (Å²) >= 11 is 0. The molecule has 0 aromatic heterocycles. The van der Waals surface area contributed by atoms with Crippen LogP contribution in [-0.4, -0.2) is 28.7 Å². The number of piperidine rings is 1. The quantitative estimate of drug-likeness (QED) is 0.381. The van der Waals surface area contributed by atoms with E-state index in [2.05, 4.69) is 0 Å². The number of nitrogens with zero attached hydrogens (tertiary/aromatic N) is 1. The maximum absolute atomic E-state index is 11.1. The van der Waals surface area contributed by atoms with Gasteiger partial charge in [0, 0.05) is 18.4 Å². The third-order valence-electron chi connectivity index (χ3n) is 2.85. The molecule has 1 aliphatic carbocycles. The Kier molecular flexibility index (Phi) is 1.40. The second-order valence-corrected chi connectivity index (χ2v) is 3.42. The summed E-state index contributed by atoms with van der Waals surface area (Å²) in [5.41, 5.74) is 0. The van der Waals surface area contributed by atoms with Crippen LogP contribution >= 0.6 is 0 Å². The van der Waals surface area contributed by atoms with Gasteiger partial charge in [0.25, 0.3) is 0 Å². The Balaban J connectivity index is 2.16. The van der Waals surface area contributed by atoms with E-state index in [1.54, 1.807) is 0 Å². The van der Waals surface area contributed by atoms with Crippen molar-refractivity contribution >= 4 is 5.91 Å². The molecular weight excluding hydrogens is 144 g/mol. The van der Waals surface area contributed by atoms with Crippen LogP contribution in [0.3, 0.4) is 0 Å². The van der Waals surface area contributed by atoms with E-state index in [-0.39, 0.29) is 30.4 Å². The van der Waals surface area contributed by atoms with E-state index in [4.69, 9.17) is 10.9 Å². The molecule has 11 heavy (non-hydrogen) atoms. The standard InChI is InChI=1S/C7H12N2O2/c8-9-6-2-4(7(9)11)1-5(6)3-10/h4-6,10H,1-3,8H2. The van der Waals surface area contributed by atoms with Crippen LogP contribution in [0.15, 0.2) is 0 Å². The maximum Gasteiger partial charge on any atom is 0.239 e. The van der Waals surface area contributed by atoms with Crippen molar-refractivity contribution in [2.24, 2.45) is 17.7 Å². The first-order valence-electron chi connectivity index (χ1n) is 3.92. The average Bonchev–Trinajstić information content (AvgIpc) is 2.53. The minimum atomic E-state index is 0.0553. The van der Waals surface area contributed by atoms with E-state index < -0.39 is 0 Å². The second kappa shape index (κ2) is 2.19. The highest BCUT2D eigenvalue weighted by Gasteiger charge is 2.49. The molecule has 3 atom stereocenters. The summed E-state index contributed by atoms with van der Waals surface area (Å²) < 4.78 is 0. The smallest absolute Gasteiger partial charge is 0.239 e. The Labute approximate surface area is 64.9 Å². The minimum Gasteiger partial charge on any atom is -0.396 e. The fraction of sp³-hybridized carbons (Fsp3) is 0.857. The molecule has 2 rings (SSSR count). The summed E-state index contributed by atoms with van der Waals surface area (Å²) in [6, 6.07) is 0.109. The molecule has 0 spiro atoms. The summed E-state index contributed by atoms with van der Waals surface area (Å²) in [5.74, 6) is 5.88. The molecule has 62 valence electrons. The molecule has 2 fully saturated rings. The lowest BCUT2D eigenvalue weighted by molar-refractivity contribution is -0.136. The summed E-state index contributed by atoms with van der Waals surface area (Å²) in [6.07, 6.45) is 1.67. The van der Waals surface area contributed by atoms with Crippen molar-refractivity contribution in [3.8, 4) is 0 Å². The van der Waals surface area contributed by atoms with Gasteiger partial charge in [-0.05, 0) is 12.8 Å². The van der Waals surface area contributed by atoms with Crippen molar-refractivity contribution in [2.75, 3.05) is 6.61 Å². The highest BCUT2D eigenvalue weighted by molar-refractivity contribution is 5.82. The topological polar surface area (TPSA) is 66.6 Å². The molecule has 4 heteroatoms. The Morgan fingerprint density at radius 2 is 2.36 bits per heavy atom. The van der Waals surface area contributed by atoms with Crippen molar-refractivity contribution in [2.45, 2.75) is 18.9 Å². The van der Waals surface area contributed by atoms with Crippen LogP contribution in [0.1, 0.15) is 12.8 Å². The number of carbonyl (C=O) groups is 1. The molecule has 0 aromatic carbocycles.